The fraction of sp³-hybridized carbons (Fsp3) is 0.556. The van der Waals surface area contributed by atoms with Gasteiger partial charge < -0.3 is 29.0 Å². The summed E-state index contributed by atoms with van der Waals surface area (Å²) in [6.07, 6.45) is 4.50. The summed E-state index contributed by atoms with van der Waals surface area (Å²) >= 11 is 0. The van der Waals surface area contributed by atoms with E-state index in [0.29, 0.717) is 51.4 Å². The molecule has 2 rings (SSSR count). The van der Waals surface area contributed by atoms with E-state index in [2.05, 4.69) is 5.09 Å². The van der Waals surface area contributed by atoms with Gasteiger partial charge in [0.25, 0.3) is 0 Å². The molecule has 2 aromatic rings. The van der Waals surface area contributed by atoms with Crippen LogP contribution in [0.2, 0.25) is 0 Å². The van der Waals surface area contributed by atoms with Crippen LogP contribution in [0.3, 0.4) is 0 Å². The van der Waals surface area contributed by atoms with Crippen LogP contribution in [0.1, 0.15) is 75.8 Å². The zero-order valence-electron chi connectivity index (χ0n) is 29.8. The predicted octanol–water partition coefficient (Wildman–Crippen LogP) is 7.36. The normalized spacial score (nSPS) is 11.6. The Morgan fingerprint density at radius 3 is 1.53 bits per heavy atom. The number of likely N-dealkylation sites (N-methyl/N-ethyl adjacent to an activating group) is 1. The highest BCUT2D eigenvalue weighted by atomic mass is 31.2. The maximum absolute atomic E-state index is 13.6. The van der Waals surface area contributed by atoms with Gasteiger partial charge >= 0.3 is 26.0 Å². The van der Waals surface area contributed by atoms with Crippen LogP contribution in [0.25, 0.3) is 0 Å². The standard InChI is InChI=1S/C36H54N3O11P/c1-3-4-23-32(33(40)41)39(2)34(37)38-51(44,49-28-13-11-24-45-35(42)47-26-15-21-30-17-7-5-8-18-30)50-29-14-12-25-46-36(43)48-27-16-22-31-19-9-6-10-20-31/h5-10,17-20,32H,3-4,11-16,21-29H2,1-2H3,(H,40,41)(H2,37,38,44). The van der Waals surface area contributed by atoms with Gasteiger partial charge in [-0.3, -0.25) is 19.5 Å². The van der Waals surface area contributed by atoms with Crippen molar-refractivity contribution in [3.8, 4) is 0 Å². The Morgan fingerprint density at radius 2 is 1.12 bits per heavy atom. The molecule has 0 radical (unpaired) electrons. The molecule has 0 saturated carbocycles. The van der Waals surface area contributed by atoms with E-state index in [0.717, 1.165) is 30.4 Å². The number of aryl methyl sites for hydroxylation is 2. The molecule has 15 heteroatoms. The van der Waals surface area contributed by atoms with Gasteiger partial charge in [-0.2, -0.15) is 0 Å². The van der Waals surface area contributed by atoms with Gasteiger partial charge in [-0.15, -0.1) is 0 Å². The van der Waals surface area contributed by atoms with E-state index in [-0.39, 0.29) is 39.6 Å². The van der Waals surface area contributed by atoms with Gasteiger partial charge in [-0.05, 0) is 68.9 Å². The first-order valence-corrected chi connectivity index (χ1v) is 19.1. The molecule has 2 aromatic carbocycles. The van der Waals surface area contributed by atoms with E-state index >= 15 is 0 Å². The fourth-order valence-electron chi connectivity index (χ4n) is 4.67. The number of hydrogen-bond donors (Lipinski definition) is 3. The molecule has 1 unspecified atom stereocenters. The number of carbonyl (C=O) groups excluding carboxylic acids is 2. The Labute approximate surface area is 301 Å². The van der Waals surface area contributed by atoms with E-state index in [1.807, 2.05) is 67.6 Å². The van der Waals surface area contributed by atoms with Gasteiger partial charge in [0.05, 0.1) is 39.6 Å². The van der Waals surface area contributed by atoms with Gasteiger partial charge in [-0.25, -0.2) is 18.9 Å². The summed E-state index contributed by atoms with van der Waals surface area (Å²) in [5, 5.41) is 20.5. The van der Waals surface area contributed by atoms with Gasteiger partial charge in [0.2, 0.25) is 5.96 Å². The predicted molar refractivity (Wildman–Crippen MR) is 192 cm³/mol. The molecule has 0 bridgehead atoms. The van der Waals surface area contributed by atoms with Gasteiger partial charge in [0.1, 0.15) is 6.04 Å². The molecule has 284 valence electrons. The Kier molecular flexibility index (Phi) is 21.7. The fourth-order valence-corrected chi connectivity index (χ4v) is 6.03. The smallest absolute Gasteiger partial charge is 0.480 e. The lowest BCUT2D eigenvalue weighted by molar-refractivity contribution is -0.141. The van der Waals surface area contributed by atoms with Crippen molar-refractivity contribution in [2.24, 2.45) is 0 Å². The summed E-state index contributed by atoms with van der Waals surface area (Å²) in [6, 6.07) is 18.7. The average molecular weight is 736 g/mol. The van der Waals surface area contributed by atoms with E-state index in [9.17, 15) is 24.1 Å². The van der Waals surface area contributed by atoms with E-state index in [1.165, 1.54) is 11.9 Å². The number of guanidine groups is 1. The average Bonchev–Trinajstić information content (AvgIpc) is 3.12. The number of hydrogen-bond acceptors (Lipinski definition) is 11. The molecule has 0 heterocycles. The quantitative estimate of drug-likeness (QED) is 0.0287. The highest BCUT2D eigenvalue weighted by Crippen LogP contribution is 2.44. The molecule has 3 N–H and O–H groups in total. The van der Waals surface area contributed by atoms with Gasteiger partial charge in [0, 0.05) is 7.05 Å². The Morgan fingerprint density at radius 1 is 0.706 bits per heavy atom. The lowest BCUT2D eigenvalue weighted by Gasteiger charge is -2.29. The molecule has 1 atom stereocenters. The largest absolute Gasteiger partial charge is 0.508 e. The minimum absolute atomic E-state index is 0.0607. The Hall–Kier alpha value is -4.13. The second-order valence-corrected chi connectivity index (χ2v) is 13.5. The number of ether oxygens (including phenoxy) is 4. The van der Waals surface area contributed by atoms with Crippen molar-refractivity contribution in [2.45, 2.75) is 83.6 Å². The maximum Gasteiger partial charge on any atom is 0.508 e. The van der Waals surface area contributed by atoms with Crippen molar-refractivity contribution in [1.82, 2.24) is 9.99 Å². The van der Waals surface area contributed by atoms with Crippen LogP contribution in [0.4, 0.5) is 9.59 Å². The maximum atomic E-state index is 13.6. The lowest BCUT2D eigenvalue weighted by atomic mass is 10.1. The summed E-state index contributed by atoms with van der Waals surface area (Å²) in [5.41, 5.74) is 2.31. The highest BCUT2D eigenvalue weighted by molar-refractivity contribution is 7.52. The van der Waals surface area contributed by atoms with Crippen molar-refractivity contribution in [1.29, 1.82) is 5.41 Å². The van der Waals surface area contributed by atoms with Crippen LogP contribution in [0.15, 0.2) is 60.7 Å². The minimum Gasteiger partial charge on any atom is -0.480 e. The first-order valence-electron chi connectivity index (χ1n) is 17.5. The van der Waals surface area contributed by atoms with Crippen molar-refractivity contribution < 1.29 is 52.1 Å². The van der Waals surface area contributed by atoms with Crippen molar-refractivity contribution in [3.05, 3.63) is 71.8 Å². The molecular weight excluding hydrogens is 681 g/mol. The molecule has 0 spiro atoms. The summed E-state index contributed by atoms with van der Waals surface area (Å²) in [4.78, 5) is 36.8. The van der Waals surface area contributed by atoms with Gasteiger partial charge in [-0.1, -0.05) is 80.4 Å². The first-order chi connectivity index (χ1) is 24.6. The molecular formula is C36H54N3O11P. The molecule has 0 saturated heterocycles. The molecule has 51 heavy (non-hydrogen) atoms. The number of aliphatic carboxylic acids is 1. The number of nitrogens with zero attached hydrogens (tertiary/aromatic N) is 1. The zero-order chi connectivity index (χ0) is 37.2. The third-order valence-electron chi connectivity index (χ3n) is 7.56. The SMILES string of the molecule is CCCCC(C(=O)O)N(C)C(=N)NP(=O)(OCCCCOC(=O)OCCCc1ccccc1)OCCCCOC(=O)OCCCc1ccccc1. The second kappa shape index (κ2) is 25.8. The van der Waals surface area contributed by atoms with Crippen molar-refractivity contribution in [3.63, 3.8) is 0 Å². The number of benzene rings is 2. The van der Waals surface area contributed by atoms with E-state index < -0.39 is 38.0 Å². The molecule has 0 amide bonds. The van der Waals surface area contributed by atoms with Crippen molar-refractivity contribution >= 4 is 32.0 Å². The van der Waals surface area contributed by atoms with Crippen LogP contribution in [0.5, 0.6) is 0 Å². The van der Waals surface area contributed by atoms with E-state index in [1.54, 1.807) is 0 Å². The number of rotatable bonds is 26. The monoisotopic (exact) mass is 735 g/mol. The Balaban J connectivity index is 1.73. The number of carbonyl (C=O) groups is 3. The van der Waals surface area contributed by atoms with Crippen LogP contribution in [-0.4, -0.2) is 87.0 Å². The third-order valence-corrected chi connectivity index (χ3v) is 9.09. The molecule has 14 nitrogen and oxygen atoms in total. The summed E-state index contributed by atoms with van der Waals surface area (Å²) in [6.45, 7) is 2.39. The van der Waals surface area contributed by atoms with Crippen LogP contribution < -0.4 is 5.09 Å². The third kappa shape index (κ3) is 19.7. The second-order valence-electron chi connectivity index (χ2n) is 11.7. The summed E-state index contributed by atoms with van der Waals surface area (Å²) in [7, 11) is -2.70. The lowest BCUT2D eigenvalue weighted by Crippen LogP contribution is -2.47. The molecule has 0 aliphatic heterocycles. The number of carboxylic acids is 1. The molecule has 0 aliphatic carbocycles. The van der Waals surface area contributed by atoms with Crippen LogP contribution in [0, 0.1) is 5.41 Å². The zero-order valence-corrected chi connectivity index (χ0v) is 30.7. The summed E-state index contributed by atoms with van der Waals surface area (Å²) in [5.74, 6) is -1.54. The van der Waals surface area contributed by atoms with Crippen LogP contribution in [-0.2, 0) is 50.2 Å². The number of unbranched alkanes of at least 4 members (excludes halogenated alkanes) is 3. The number of carboxylic acid groups (broad SMARTS) is 1. The van der Waals surface area contributed by atoms with E-state index in [4.69, 9.17) is 33.4 Å². The van der Waals surface area contributed by atoms with Crippen LogP contribution >= 0.6 is 7.75 Å². The molecule has 0 aromatic heterocycles. The number of nitrogens with one attached hydrogen (secondary N) is 2. The molecule has 0 aliphatic rings. The van der Waals surface area contributed by atoms with Gasteiger partial charge in [0.15, 0.2) is 0 Å². The first kappa shape index (κ1) is 43.0. The minimum atomic E-state index is -4.12. The van der Waals surface area contributed by atoms with Crippen molar-refractivity contribution in [2.75, 3.05) is 46.7 Å². The highest BCUT2D eigenvalue weighted by Gasteiger charge is 2.31. The summed E-state index contributed by atoms with van der Waals surface area (Å²) < 4.78 is 45.2. The molecule has 0 fully saturated rings. The Bertz CT molecular complexity index is 1260. The topological polar surface area (TPSA) is 183 Å².